The van der Waals surface area contributed by atoms with Gasteiger partial charge in [0.05, 0.1) is 0 Å². The Morgan fingerprint density at radius 1 is 1.44 bits per heavy atom. The van der Waals surface area contributed by atoms with Crippen molar-refractivity contribution in [3.63, 3.8) is 0 Å². The lowest BCUT2D eigenvalue weighted by Crippen LogP contribution is -2.69. The largest absolute Gasteiger partial charge is 0.440 e. The second-order valence-corrected chi connectivity index (χ2v) is 3.22. The van der Waals surface area contributed by atoms with Gasteiger partial charge >= 0.3 is 12.2 Å². The molecule has 0 aromatic carbocycles. The third-order valence-corrected chi connectivity index (χ3v) is 2.01. The normalized spacial score (nSPS) is 25.7. The van der Waals surface area contributed by atoms with Crippen LogP contribution in [0.3, 0.4) is 0 Å². The second-order valence-electron chi connectivity index (χ2n) is 3.22. The predicted octanol–water partition coefficient (Wildman–Crippen LogP) is -0.437. The average molecular weight is 239 g/mol. The third-order valence-electron chi connectivity index (χ3n) is 2.01. The number of urea groups is 1. The molecule has 1 fully saturated rings. The molecule has 1 unspecified atom stereocenters. The SMILES string of the molecule is CC(=O)NC1(C(F)(F)F)NC(=O)N(C)C1=O. The van der Waals surface area contributed by atoms with Crippen molar-refractivity contribution in [3.05, 3.63) is 0 Å². The maximum atomic E-state index is 12.7. The second kappa shape index (κ2) is 3.35. The van der Waals surface area contributed by atoms with E-state index in [1.54, 1.807) is 0 Å². The van der Waals surface area contributed by atoms with E-state index < -0.39 is 29.7 Å². The van der Waals surface area contributed by atoms with Crippen LogP contribution in [0.1, 0.15) is 6.92 Å². The number of hydrogen-bond acceptors (Lipinski definition) is 3. The molecule has 0 aromatic rings. The molecule has 1 saturated heterocycles. The van der Waals surface area contributed by atoms with E-state index in [0.717, 1.165) is 14.0 Å². The lowest BCUT2D eigenvalue weighted by molar-refractivity contribution is -0.203. The highest BCUT2D eigenvalue weighted by atomic mass is 19.4. The molecule has 1 rings (SSSR count). The fourth-order valence-corrected chi connectivity index (χ4v) is 1.25. The molecular weight excluding hydrogens is 231 g/mol. The molecule has 4 amide bonds. The van der Waals surface area contributed by atoms with Crippen LogP contribution in [0, 0.1) is 0 Å². The van der Waals surface area contributed by atoms with Crippen molar-refractivity contribution in [2.75, 3.05) is 7.05 Å². The van der Waals surface area contributed by atoms with Gasteiger partial charge < -0.3 is 5.32 Å². The van der Waals surface area contributed by atoms with Crippen LogP contribution in [0.25, 0.3) is 0 Å². The van der Waals surface area contributed by atoms with E-state index in [1.807, 2.05) is 0 Å². The van der Waals surface area contributed by atoms with E-state index in [9.17, 15) is 27.6 Å². The Labute approximate surface area is 87.8 Å². The van der Waals surface area contributed by atoms with E-state index in [2.05, 4.69) is 0 Å². The van der Waals surface area contributed by atoms with E-state index in [4.69, 9.17) is 0 Å². The molecule has 9 heteroatoms. The van der Waals surface area contributed by atoms with Crippen LogP contribution in [-0.2, 0) is 9.59 Å². The fourth-order valence-electron chi connectivity index (χ4n) is 1.25. The van der Waals surface area contributed by atoms with E-state index in [-0.39, 0.29) is 4.90 Å². The van der Waals surface area contributed by atoms with Gasteiger partial charge in [-0.25, -0.2) is 4.79 Å². The van der Waals surface area contributed by atoms with Crippen molar-refractivity contribution in [1.82, 2.24) is 15.5 Å². The summed E-state index contributed by atoms with van der Waals surface area (Å²) < 4.78 is 38.1. The zero-order valence-electron chi connectivity index (χ0n) is 8.31. The summed E-state index contributed by atoms with van der Waals surface area (Å²) in [5.41, 5.74) is -3.36. The van der Waals surface area contributed by atoms with Crippen molar-refractivity contribution in [3.8, 4) is 0 Å². The van der Waals surface area contributed by atoms with Crippen molar-refractivity contribution in [2.45, 2.75) is 18.8 Å². The molecule has 1 aliphatic rings. The third kappa shape index (κ3) is 1.57. The number of nitrogens with one attached hydrogen (secondary N) is 2. The molecule has 0 bridgehead atoms. The lowest BCUT2D eigenvalue weighted by Gasteiger charge is -2.28. The van der Waals surface area contributed by atoms with Gasteiger partial charge in [-0.05, 0) is 0 Å². The summed E-state index contributed by atoms with van der Waals surface area (Å²) in [5, 5.41) is 2.84. The molecule has 0 spiro atoms. The Hall–Kier alpha value is -1.80. The molecule has 16 heavy (non-hydrogen) atoms. The van der Waals surface area contributed by atoms with Gasteiger partial charge in [-0.1, -0.05) is 0 Å². The number of carbonyl (C=O) groups excluding carboxylic acids is 3. The van der Waals surface area contributed by atoms with Crippen LogP contribution in [-0.4, -0.2) is 41.6 Å². The van der Waals surface area contributed by atoms with Gasteiger partial charge in [-0.2, -0.15) is 13.2 Å². The number of imide groups is 1. The van der Waals surface area contributed by atoms with Crippen LogP contribution in [0.5, 0.6) is 0 Å². The summed E-state index contributed by atoms with van der Waals surface area (Å²) in [6.07, 6.45) is -5.11. The van der Waals surface area contributed by atoms with Crippen molar-refractivity contribution >= 4 is 17.8 Å². The van der Waals surface area contributed by atoms with E-state index in [1.165, 1.54) is 10.6 Å². The highest BCUT2D eigenvalue weighted by molar-refractivity contribution is 6.08. The molecule has 0 aromatic heterocycles. The summed E-state index contributed by atoms with van der Waals surface area (Å²) in [5.74, 6) is -2.65. The molecule has 1 heterocycles. The zero-order chi connectivity index (χ0) is 12.7. The highest BCUT2D eigenvalue weighted by Crippen LogP contribution is 2.32. The Kier molecular flexibility index (Phi) is 2.57. The van der Waals surface area contributed by atoms with Crippen LogP contribution in [0.2, 0.25) is 0 Å². The number of halogens is 3. The minimum atomic E-state index is -5.11. The van der Waals surface area contributed by atoms with Gasteiger partial charge in [-0.15, -0.1) is 0 Å². The smallest absolute Gasteiger partial charge is 0.318 e. The zero-order valence-corrected chi connectivity index (χ0v) is 8.31. The summed E-state index contributed by atoms with van der Waals surface area (Å²) >= 11 is 0. The number of nitrogens with zero attached hydrogens (tertiary/aromatic N) is 1. The molecule has 90 valence electrons. The molecule has 0 radical (unpaired) electrons. The first-order chi connectivity index (χ1) is 7.12. The van der Waals surface area contributed by atoms with Gasteiger partial charge in [0, 0.05) is 14.0 Å². The highest BCUT2D eigenvalue weighted by Gasteiger charge is 2.67. The Morgan fingerprint density at radius 2 is 1.94 bits per heavy atom. The molecule has 6 nitrogen and oxygen atoms in total. The summed E-state index contributed by atoms with van der Waals surface area (Å²) in [6, 6.07) is -1.23. The standard InChI is InChI=1S/C7H8F3N3O3/c1-3(14)11-6(7(8,9)10)4(15)13(2)5(16)12-6/h1-2H3,(H,11,14)(H,12,16). The molecule has 1 aliphatic heterocycles. The van der Waals surface area contributed by atoms with Crippen molar-refractivity contribution in [1.29, 1.82) is 0 Å². The Bertz CT molecular complexity index is 364. The summed E-state index contributed by atoms with van der Waals surface area (Å²) in [7, 11) is 0.882. The average Bonchev–Trinajstić information content (AvgIpc) is 2.29. The van der Waals surface area contributed by atoms with Crippen molar-refractivity contribution < 1.29 is 27.6 Å². The van der Waals surface area contributed by atoms with Crippen LogP contribution in [0.15, 0.2) is 0 Å². The number of rotatable bonds is 1. The number of likely N-dealkylation sites (N-methyl/N-ethyl adjacent to an activating group) is 1. The van der Waals surface area contributed by atoms with E-state index >= 15 is 0 Å². The van der Waals surface area contributed by atoms with Crippen LogP contribution in [0.4, 0.5) is 18.0 Å². The molecular formula is C7H8F3N3O3. The first-order valence-corrected chi connectivity index (χ1v) is 4.07. The van der Waals surface area contributed by atoms with Crippen molar-refractivity contribution in [2.24, 2.45) is 0 Å². The lowest BCUT2D eigenvalue weighted by atomic mass is 10.1. The first-order valence-electron chi connectivity index (χ1n) is 4.07. The molecule has 1 atom stereocenters. The van der Waals surface area contributed by atoms with Gasteiger partial charge in [-0.3, -0.25) is 19.8 Å². The number of hydrogen-bond donors (Lipinski definition) is 2. The van der Waals surface area contributed by atoms with Gasteiger partial charge in [0.15, 0.2) is 0 Å². The summed E-state index contributed by atoms with van der Waals surface area (Å²) in [6.45, 7) is 0.811. The molecule has 2 N–H and O–H groups in total. The monoisotopic (exact) mass is 239 g/mol. The fraction of sp³-hybridized carbons (Fsp3) is 0.571. The predicted molar refractivity (Wildman–Crippen MR) is 43.9 cm³/mol. The quantitative estimate of drug-likeness (QED) is 0.609. The van der Waals surface area contributed by atoms with Gasteiger partial charge in [0.25, 0.3) is 11.6 Å². The van der Waals surface area contributed by atoms with Gasteiger partial charge in [0.1, 0.15) is 0 Å². The Morgan fingerprint density at radius 3 is 2.19 bits per heavy atom. The minimum absolute atomic E-state index is 0.253. The van der Waals surface area contributed by atoms with Gasteiger partial charge in [0.2, 0.25) is 5.91 Å². The molecule has 0 saturated carbocycles. The maximum absolute atomic E-state index is 12.7. The van der Waals surface area contributed by atoms with Crippen LogP contribution >= 0.6 is 0 Å². The minimum Gasteiger partial charge on any atom is -0.318 e. The Balaban J connectivity index is 3.22. The maximum Gasteiger partial charge on any atom is 0.440 e. The topological polar surface area (TPSA) is 78.5 Å². The van der Waals surface area contributed by atoms with E-state index in [0.29, 0.717) is 0 Å². The van der Waals surface area contributed by atoms with Crippen LogP contribution < -0.4 is 10.6 Å². The number of amides is 4. The molecule has 0 aliphatic carbocycles. The number of alkyl halides is 3. The summed E-state index contributed by atoms with van der Waals surface area (Å²) in [4.78, 5) is 33.2. The first kappa shape index (κ1) is 12.3. The number of carbonyl (C=O) groups is 3.